The lowest BCUT2D eigenvalue weighted by atomic mass is 9.94. The predicted molar refractivity (Wildman–Crippen MR) is 66.6 cm³/mol. The summed E-state index contributed by atoms with van der Waals surface area (Å²) in [5.41, 5.74) is 3.85. The summed E-state index contributed by atoms with van der Waals surface area (Å²) >= 11 is 0. The van der Waals surface area contributed by atoms with E-state index in [1.54, 1.807) is 0 Å². The van der Waals surface area contributed by atoms with E-state index in [4.69, 9.17) is 0 Å². The number of hydrogen-bond acceptors (Lipinski definition) is 1. The predicted octanol–water partition coefficient (Wildman–Crippen LogP) is 3.38. The van der Waals surface area contributed by atoms with Crippen LogP contribution in [0.4, 0.5) is 0 Å². The maximum Gasteiger partial charge on any atom is 0.0807 e. The van der Waals surface area contributed by atoms with Crippen LogP contribution in [-0.4, -0.2) is 9.67 Å². The second kappa shape index (κ2) is 4.25. The van der Waals surface area contributed by atoms with Crippen LogP contribution in [0.1, 0.15) is 62.7 Å². The highest BCUT2D eigenvalue weighted by Crippen LogP contribution is 2.35. The first-order valence-electron chi connectivity index (χ1n) is 6.41. The Bertz CT molecular complexity index is 378. The van der Waals surface area contributed by atoms with Gasteiger partial charge in [-0.15, -0.1) is 0 Å². The Morgan fingerprint density at radius 1 is 1.38 bits per heavy atom. The Morgan fingerprint density at radius 2 is 2.06 bits per heavy atom. The molecule has 2 nitrogen and oxygen atoms in total. The van der Waals surface area contributed by atoms with Crippen LogP contribution >= 0.6 is 0 Å². The van der Waals surface area contributed by atoms with Crippen molar-refractivity contribution in [3.8, 4) is 0 Å². The summed E-state index contributed by atoms with van der Waals surface area (Å²) in [6.45, 7) is 8.95. The minimum absolute atomic E-state index is 0.233. The van der Waals surface area contributed by atoms with Crippen LogP contribution in [0.15, 0.2) is 6.07 Å². The van der Waals surface area contributed by atoms with E-state index in [-0.39, 0.29) is 6.10 Å². The Kier molecular flexibility index (Phi) is 3.11. The molecule has 0 radical (unpaired) electrons. The molecule has 1 heterocycles. The topological polar surface area (TPSA) is 25.2 Å². The zero-order valence-corrected chi connectivity index (χ0v) is 10.8. The number of aryl methyl sites for hydroxylation is 1. The number of rotatable bonds is 2. The van der Waals surface area contributed by atoms with Gasteiger partial charge in [0.2, 0.25) is 0 Å². The van der Waals surface area contributed by atoms with E-state index in [1.165, 1.54) is 17.0 Å². The van der Waals surface area contributed by atoms with Crippen LogP contribution in [0.2, 0.25) is 0 Å². The second-order valence-electron chi connectivity index (χ2n) is 5.45. The Labute approximate surface area is 98.3 Å². The molecule has 0 fully saturated rings. The molecule has 1 aliphatic carbocycles. The number of fused-ring (bicyclic) bond motifs is 1. The molecule has 0 aliphatic heterocycles. The van der Waals surface area contributed by atoms with Crippen molar-refractivity contribution in [2.24, 2.45) is 5.92 Å². The van der Waals surface area contributed by atoms with Gasteiger partial charge in [0.15, 0.2) is 0 Å². The molecule has 0 amide bonds. The van der Waals surface area contributed by atoms with Gasteiger partial charge >= 0.3 is 0 Å². The first kappa shape index (κ1) is 11.7. The van der Waals surface area contributed by atoms with E-state index in [1.807, 2.05) is 0 Å². The third-order valence-electron chi connectivity index (χ3n) is 3.99. The van der Waals surface area contributed by atoms with Crippen molar-refractivity contribution in [1.82, 2.24) is 4.57 Å². The molecule has 0 saturated carbocycles. The van der Waals surface area contributed by atoms with Gasteiger partial charge in [0, 0.05) is 23.0 Å². The molecule has 0 spiro atoms. The first-order chi connectivity index (χ1) is 7.52. The number of nitrogens with zero attached hydrogens (tertiary/aromatic N) is 1. The van der Waals surface area contributed by atoms with Crippen molar-refractivity contribution in [1.29, 1.82) is 0 Å². The normalized spacial score (nSPS) is 22.2. The molecule has 2 rings (SSSR count). The first-order valence-corrected chi connectivity index (χ1v) is 6.41. The summed E-state index contributed by atoms with van der Waals surface area (Å²) in [5, 5.41) is 10.0. The molecule has 2 heteroatoms. The fraction of sp³-hybridized carbons (Fsp3) is 0.714. The number of aliphatic hydroxyl groups is 1. The zero-order chi connectivity index (χ0) is 11.9. The van der Waals surface area contributed by atoms with Gasteiger partial charge in [0.05, 0.1) is 6.10 Å². The second-order valence-corrected chi connectivity index (χ2v) is 5.45. The van der Waals surface area contributed by atoms with Crippen molar-refractivity contribution in [2.75, 3.05) is 0 Å². The van der Waals surface area contributed by atoms with Gasteiger partial charge in [-0.1, -0.05) is 13.8 Å². The van der Waals surface area contributed by atoms with Crippen LogP contribution in [0.25, 0.3) is 0 Å². The van der Waals surface area contributed by atoms with Gasteiger partial charge in [0.1, 0.15) is 0 Å². The van der Waals surface area contributed by atoms with Crippen molar-refractivity contribution >= 4 is 0 Å². The van der Waals surface area contributed by atoms with E-state index in [0.29, 0.717) is 12.0 Å². The molecule has 2 unspecified atom stereocenters. The molecule has 0 saturated heterocycles. The fourth-order valence-electron chi connectivity index (χ4n) is 2.77. The maximum absolute atomic E-state index is 10.0. The summed E-state index contributed by atoms with van der Waals surface area (Å²) in [7, 11) is 0. The number of aliphatic hydroxyl groups excluding tert-OH is 1. The SMILES string of the molecule is Cc1cc2c(n1C(C)C(C)C)CCCC2O. The summed E-state index contributed by atoms with van der Waals surface area (Å²) in [4.78, 5) is 0. The van der Waals surface area contributed by atoms with Gasteiger partial charge in [0.25, 0.3) is 0 Å². The Hall–Kier alpha value is -0.760. The number of hydrogen-bond donors (Lipinski definition) is 1. The molecule has 90 valence electrons. The molecule has 0 aromatic carbocycles. The molecule has 1 N–H and O–H groups in total. The van der Waals surface area contributed by atoms with E-state index < -0.39 is 0 Å². The average molecular weight is 221 g/mol. The third-order valence-corrected chi connectivity index (χ3v) is 3.99. The van der Waals surface area contributed by atoms with Crippen LogP contribution < -0.4 is 0 Å². The van der Waals surface area contributed by atoms with Crippen molar-refractivity contribution in [3.63, 3.8) is 0 Å². The summed E-state index contributed by atoms with van der Waals surface area (Å²) in [6, 6.07) is 2.70. The van der Waals surface area contributed by atoms with Crippen molar-refractivity contribution in [2.45, 2.75) is 59.1 Å². The molecule has 1 aromatic heterocycles. The van der Waals surface area contributed by atoms with E-state index in [2.05, 4.69) is 38.3 Å². The fourth-order valence-corrected chi connectivity index (χ4v) is 2.77. The van der Waals surface area contributed by atoms with Gasteiger partial charge < -0.3 is 9.67 Å². The highest BCUT2D eigenvalue weighted by Gasteiger charge is 2.25. The summed E-state index contributed by atoms with van der Waals surface area (Å²) in [6.07, 6.45) is 2.93. The van der Waals surface area contributed by atoms with Gasteiger partial charge in [-0.2, -0.15) is 0 Å². The van der Waals surface area contributed by atoms with E-state index >= 15 is 0 Å². The van der Waals surface area contributed by atoms with Crippen LogP contribution in [0, 0.1) is 12.8 Å². The maximum atomic E-state index is 10.0. The molecule has 1 aromatic rings. The standard InChI is InChI=1S/C14H23NO/c1-9(2)11(4)15-10(3)8-12-13(15)6-5-7-14(12)16/h8-9,11,14,16H,5-7H2,1-4H3. The highest BCUT2D eigenvalue weighted by molar-refractivity contribution is 5.32. The van der Waals surface area contributed by atoms with Crippen molar-refractivity contribution < 1.29 is 5.11 Å². The molecular weight excluding hydrogens is 198 g/mol. The lowest BCUT2D eigenvalue weighted by Gasteiger charge is -2.26. The minimum Gasteiger partial charge on any atom is -0.388 e. The lowest BCUT2D eigenvalue weighted by Crippen LogP contribution is -2.18. The molecule has 1 aliphatic rings. The molecule has 2 atom stereocenters. The van der Waals surface area contributed by atoms with Gasteiger partial charge in [-0.05, 0) is 45.1 Å². The Balaban J connectivity index is 2.46. The monoisotopic (exact) mass is 221 g/mol. The molecule has 16 heavy (non-hydrogen) atoms. The quantitative estimate of drug-likeness (QED) is 0.813. The smallest absolute Gasteiger partial charge is 0.0807 e. The van der Waals surface area contributed by atoms with Gasteiger partial charge in [-0.25, -0.2) is 0 Å². The third kappa shape index (κ3) is 1.80. The molecule has 0 bridgehead atoms. The van der Waals surface area contributed by atoms with E-state index in [0.717, 1.165) is 19.3 Å². The van der Waals surface area contributed by atoms with Crippen LogP contribution in [0.3, 0.4) is 0 Å². The largest absolute Gasteiger partial charge is 0.388 e. The zero-order valence-electron chi connectivity index (χ0n) is 10.8. The van der Waals surface area contributed by atoms with Crippen LogP contribution in [-0.2, 0) is 6.42 Å². The van der Waals surface area contributed by atoms with Crippen molar-refractivity contribution in [3.05, 3.63) is 23.0 Å². The Morgan fingerprint density at radius 3 is 2.69 bits per heavy atom. The number of aromatic nitrogens is 1. The van der Waals surface area contributed by atoms with Crippen LogP contribution in [0.5, 0.6) is 0 Å². The molecular formula is C14H23NO. The summed E-state index contributed by atoms with van der Waals surface area (Å²) < 4.78 is 2.43. The summed E-state index contributed by atoms with van der Waals surface area (Å²) in [5.74, 6) is 0.634. The highest BCUT2D eigenvalue weighted by atomic mass is 16.3. The minimum atomic E-state index is -0.233. The van der Waals surface area contributed by atoms with Gasteiger partial charge in [-0.3, -0.25) is 0 Å². The van der Waals surface area contributed by atoms with E-state index in [9.17, 15) is 5.11 Å². The lowest BCUT2D eigenvalue weighted by molar-refractivity contribution is 0.155. The average Bonchev–Trinajstić information content (AvgIpc) is 2.55.